The van der Waals surface area contributed by atoms with Crippen LogP contribution in [0.25, 0.3) is 0 Å². The number of nitrogens with zero attached hydrogens (tertiary/aromatic N) is 2. The first-order valence-corrected chi connectivity index (χ1v) is 8.78. The molecule has 0 bridgehead atoms. The van der Waals surface area contributed by atoms with Gasteiger partial charge in [-0.3, -0.25) is 19.9 Å². The van der Waals surface area contributed by atoms with Crippen molar-refractivity contribution in [1.29, 1.82) is 0 Å². The molecule has 2 aliphatic rings. The minimum Gasteiger partial charge on any atom is -0.394 e. The average Bonchev–Trinajstić information content (AvgIpc) is 2.94. The topological polar surface area (TPSA) is 113 Å². The highest BCUT2D eigenvalue weighted by Gasteiger charge is 2.67. The van der Waals surface area contributed by atoms with E-state index >= 15 is 0 Å². The third-order valence-corrected chi connectivity index (χ3v) is 6.08. The van der Waals surface area contributed by atoms with Crippen LogP contribution in [0.2, 0.25) is 0 Å². The molecule has 2 aliphatic carbocycles. The van der Waals surface area contributed by atoms with E-state index in [0.29, 0.717) is 23.6 Å². The van der Waals surface area contributed by atoms with Gasteiger partial charge in [0, 0.05) is 24.3 Å². The lowest BCUT2D eigenvalue weighted by Crippen LogP contribution is -2.28. The summed E-state index contributed by atoms with van der Waals surface area (Å²) >= 11 is 0. The highest BCUT2D eigenvalue weighted by atomic mass is 16.6. The van der Waals surface area contributed by atoms with Gasteiger partial charge in [-0.2, -0.15) is 0 Å². The number of hydrogen-bond donors (Lipinski definition) is 2. The lowest BCUT2D eigenvalue weighted by atomic mass is 9.88. The molecule has 26 heavy (non-hydrogen) atoms. The number of fused-ring (bicyclic) bond motifs is 1. The smallest absolute Gasteiger partial charge is 0.269 e. The Morgan fingerprint density at radius 2 is 2.00 bits per heavy atom. The lowest BCUT2D eigenvalue weighted by molar-refractivity contribution is -0.384. The lowest BCUT2D eigenvalue weighted by Gasteiger charge is -2.22. The van der Waals surface area contributed by atoms with Crippen LogP contribution < -0.4 is 0 Å². The maximum Gasteiger partial charge on any atom is 0.269 e. The van der Waals surface area contributed by atoms with Gasteiger partial charge in [-0.25, -0.2) is 0 Å². The van der Waals surface area contributed by atoms with E-state index in [9.17, 15) is 25.1 Å². The van der Waals surface area contributed by atoms with E-state index < -0.39 is 17.1 Å². The Morgan fingerprint density at radius 3 is 2.50 bits per heavy atom. The monoisotopic (exact) mass is 360 g/mol. The summed E-state index contributed by atoms with van der Waals surface area (Å²) in [5, 5.41) is 30.9. The summed E-state index contributed by atoms with van der Waals surface area (Å²) in [6.45, 7) is 5.72. The van der Waals surface area contributed by atoms with Crippen LogP contribution >= 0.6 is 0 Å². The summed E-state index contributed by atoms with van der Waals surface area (Å²) < 4.78 is 0. The van der Waals surface area contributed by atoms with Gasteiger partial charge in [-0.15, -0.1) is 0 Å². The molecule has 0 amide bonds. The second-order valence-corrected chi connectivity index (χ2v) is 7.92. The number of aliphatic hydroxyl groups excluding tert-OH is 2. The minimum absolute atomic E-state index is 0.0697. The van der Waals surface area contributed by atoms with Crippen molar-refractivity contribution in [3.63, 3.8) is 0 Å². The van der Waals surface area contributed by atoms with Crippen LogP contribution in [0.4, 0.5) is 5.69 Å². The number of carbonyl (C=O) groups excluding carboxylic acids is 1. The summed E-state index contributed by atoms with van der Waals surface area (Å²) in [5.74, 6) is 0.627. The molecule has 140 valence electrons. The molecule has 2 fully saturated rings. The number of Topliss-reactive ketones (excluding diaryl/α,β-unsaturated/α-hetero) is 1. The van der Waals surface area contributed by atoms with Gasteiger partial charge in [-0.1, -0.05) is 13.8 Å². The Bertz CT molecular complexity index is 756. The molecule has 2 N–H and O–H groups in total. The molecule has 3 rings (SSSR count). The molecular formula is C19H24N2O5. The number of aliphatic hydroxyl groups is 2. The first-order chi connectivity index (χ1) is 12.2. The normalized spacial score (nSPS) is 29.2. The van der Waals surface area contributed by atoms with Gasteiger partial charge in [0.1, 0.15) is 17.9 Å². The Labute approximate surface area is 151 Å². The fourth-order valence-electron chi connectivity index (χ4n) is 4.44. The number of nitro benzene ring substituents is 1. The second-order valence-electron chi connectivity index (χ2n) is 7.92. The first-order valence-electron chi connectivity index (χ1n) is 8.78. The number of nitro groups is 1. The van der Waals surface area contributed by atoms with Gasteiger partial charge in [0.15, 0.2) is 0 Å². The zero-order valence-corrected chi connectivity index (χ0v) is 15.1. The van der Waals surface area contributed by atoms with Crippen molar-refractivity contribution in [1.82, 2.24) is 0 Å². The minimum atomic E-state index is -1.10. The Hall–Kier alpha value is -2.12. The van der Waals surface area contributed by atoms with E-state index in [1.807, 2.05) is 0 Å². The van der Waals surface area contributed by atoms with E-state index in [0.717, 1.165) is 0 Å². The van der Waals surface area contributed by atoms with Crippen LogP contribution in [0.3, 0.4) is 0 Å². The highest BCUT2D eigenvalue weighted by molar-refractivity contribution is 6.07. The van der Waals surface area contributed by atoms with Crippen molar-refractivity contribution in [2.45, 2.75) is 39.3 Å². The number of carbonyl (C=O) groups is 1. The fraction of sp³-hybridized carbons (Fsp3) is 0.579. The number of benzene rings is 1. The molecule has 0 heterocycles. The zero-order chi connectivity index (χ0) is 19.2. The number of ketones is 1. The predicted octanol–water partition coefficient (Wildman–Crippen LogP) is 2.31. The van der Waals surface area contributed by atoms with Crippen molar-refractivity contribution in [3.8, 4) is 0 Å². The number of non-ortho nitro benzene ring substituents is 1. The molecule has 5 atom stereocenters. The molecular weight excluding hydrogens is 336 g/mol. The van der Waals surface area contributed by atoms with Gasteiger partial charge in [0.05, 0.1) is 17.4 Å². The largest absolute Gasteiger partial charge is 0.394 e. The van der Waals surface area contributed by atoms with Crippen LogP contribution in [-0.2, 0) is 4.79 Å². The van der Waals surface area contributed by atoms with Gasteiger partial charge >= 0.3 is 0 Å². The Morgan fingerprint density at radius 1 is 1.38 bits per heavy atom. The molecule has 1 aromatic rings. The van der Waals surface area contributed by atoms with Crippen molar-refractivity contribution in [2.75, 3.05) is 6.61 Å². The molecule has 7 heteroatoms. The van der Waals surface area contributed by atoms with Crippen molar-refractivity contribution in [2.24, 2.45) is 28.2 Å². The molecule has 0 aliphatic heterocycles. The van der Waals surface area contributed by atoms with Crippen molar-refractivity contribution >= 4 is 17.2 Å². The molecule has 0 spiro atoms. The SMILES string of the molecule is CC(=N[C@@H](CO)[C@@H](O)c1ccc([N+](=O)[O-])cc1)C1C(=O)C[C@@H]2[C@H]1C2(C)C. The summed E-state index contributed by atoms with van der Waals surface area (Å²) in [6, 6.07) is 4.71. The number of hydrogen-bond acceptors (Lipinski definition) is 6. The van der Waals surface area contributed by atoms with Gasteiger partial charge in [-0.05, 0) is 41.9 Å². The second kappa shape index (κ2) is 6.55. The van der Waals surface area contributed by atoms with Crippen LogP contribution in [0.15, 0.2) is 29.3 Å². The Kier molecular flexibility index (Phi) is 4.71. The molecule has 7 nitrogen and oxygen atoms in total. The summed E-state index contributed by atoms with van der Waals surface area (Å²) in [7, 11) is 0. The van der Waals surface area contributed by atoms with E-state index in [1.54, 1.807) is 6.92 Å². The average molecular weight is 360 g/mol. The molecule has 0 aromatic heterocycles. The van der Waals surface area contributed by atoms with E-state index in [2.05, 4.69) is 18.8 Å². The van der Waals surface area contributed by atoms with Crippen LogP contribution in [0, 0.1) is 33.3 Å². The maximum absolute atomic E-state index is 12.3. The van der Waals surface area contributed by atoms with Crippen LogP contribution in [0.1, 0.15) is 38.9 Å². The quantitative estimate of drug-likeness (QED) is 0.459. The van der Waals surface area contributed by atoms with Crippen molar-refractivity contribution < 1.29 is 19.9 Å². The Balaban J connectivity index is 1.78. The first kappa shape index (κ1) is 18.7. The summed E-state index contributed by atoms with van der Waals surface area (Å²) in [6.07, 6.45) is -0.528. The summed E-state index contributed by atoms with van der Waals surface area (Å²) in [4.78, 5) is 27.0. The van der Waals surface area contributed by atoms with Crippen LogP contribution in [0.5, 0.6) is 0 Å². The fourth-order valence-corrected chi connectivity index (χ4v) is 4.44. The van der Waals surface area contributed by atoms with Crippen LogP contribution in [-0.4, -0.2) is 39.3 Å². The highest BCUT2D eigenvalue weighted by Crippen LogP contribution is 2.68. The number of aliphatic imine (C=N–C) groups is 1. The van der Waals surface area contributed by atoms with E-state index in [1.165, 1.54) is 24.3 Å². The third-order valence-electron chi connectivity index (χ3n) is 6.08. The molecule has 2 saturated carbocycles. The van der Waals surface area contributed by atoms with E-state index in [-0.39, 0.29) is 35.3 Å². The zero-order valence-electron chi connectivity index (χ0n) is 15.1. The molecule has 0 saturated heterocycles. The van der Waals surface area contributed by atoms with Gasteiger partial charge in [0.25, 0.3) is 5.69 Å². The third kappa shape index (κ3) is 3.05. The van der Waals surface area contributed by atoms with E-state index in [4.69, 9.17) is 0 Å². The van der Waals surface area contributed by atoms with Gasteiger partial charge < -0.3 is 10.2 Å². The summed E-state index contributed by atoms with van der Waals surface area (Å²) in [5.41, 5.74) is 1.16. The van der Waals surface area contributed by atoms with Gasteiger partial charge in [0.2, 0.25) is 0 Å². The molecule has 1 aromatic carbocycles. The number of rotatable bonds is 6. The van der Waals surface area contributed by atoms with Crippen molar-refractivity contribution in [3.05, 3.63) is 39.9 Å². The maximum atomic E-state index is 12.3. The standard InChI is InChI=1S/C19H24N2O5/c1-10(16-15(23)8-13-17(16)19(13,2)3)20-14(9-22)18(24)11-4-6-12(7-5-11)21(25)26/h4-7,13-14,16-18,22,24H,8-9H2,1-3H3/t13-,14+,16?,17-,18+/m1/s1. The molecule has 0 radical (unpaired) electrons. The molecule has 1 unspecified atom stereocenters. The predicted molar refractivity (Wildman–Crippen MR) is 95.9 cm³/mol.